The summed E-state index contributed by atoms with van der Waals surface area (Å²) in [6, 6.07) is 17.3. The van der Waals surface area contributed by atoms with Crippen LogP contribution in [-0.4, -0.2) is 28.0 Å². The van der Waals surface area contributed by atoms with Crippen molar-refractivity contribution in [1.82, 2.24) is 15.3 Å². The number of para-hydroxylation sites is 1. The average molecular weight is 430 g/mol. The molecule has 1 aliphatic rings. The van der Waals surface area contributed by atoms with E-state index in [0.29, 0.717) is 18.2 Å². The number of amides is 1. The van der Waals surface area contributed by atoms with E-state index in [4.69, 9.17) is 10.5 Å². The molecule has 1 heterocycles. The standard InChI is InChI=1S/C25H27N5O2/c1-2-21(31)30-25(14-6-7-15-25)16-27-24-22(23(26)28-17-29-24)18-10-12-20(13-11-18)32-19-8-4-3-5-9-19/h2-5,8-13,17H,1,6-7,14-16H2,(H,30,31)(H3,26,27,28,29). The molecule has 1 saturated carbocycles. The van der Waals surface area contributed by atoms with E-state index < -0.39 is 0 Å². The summed E-state index contributed by atoms with van der Waals surface area (Å²) in [7, 11) is 0. The first-order chi connectivity index (χ1) is 15.6. The lowest BCUT2D eigenvalue weighted by molar-refractivity contribution is -0.118. The van der Waals surface area contributed by atoms with E-state index >= 15 is 0 Å². The number of nitrogen functional groups attached to an aromatic ring is 1. The number of ether oxygens (including phenoxy) is 1. The van der Waals surface area contributed by atoms with Crippen LogP contribution in [0.5, 0.6) is 11.5 Å². The van der Waals surface area contributed by atoms with Crippen LogP contribution >= 0.6 is 0 Å². The fourth-order valence-corrected chi connectivity index (χ4v) is 4.10. The minimum atomic E-state index is -0.324. The fraction of sp³-hybridized carbons (Fsp3) is 0.240. The van der Waals surface area contributed by atoms with Crippen LogP contribution < -0.4 is 21.1 Å². The third-order valence-electron chi connectivity index (χ3n) is 5.73. The molecule has 7 nitrogen and oxygen atoms in total. The molecule has 7 heteroatoms. The van der Waals surface area contributed by atoms with E-state index in [0.717, 1.165) is 48.3 Å². The molecule has 0 bridgehead atoms. The van der Waals surface area contributed by atoms with Gasteiger partial charge in [0.25, 0.3) is 0 Å². The Morgan fingerprint density at radius 2 is 1.75 bits per heavy atom. The Balaban J connectivity index is 1.54. The van der Waals surface area contributed by atoms with Crippen molar-refractivity contribution in [2.24, 2.45) is 0 Å². The van der Waals surface area contributed by atoms with Crippen molar-refractivity contribution in [2.45, 2.75) is 31.2 Å². The zero-order valence-corrected chi connectivity index (χ0v) is 17.9. The topological polar surface area (TPSA) is 102 Å². The highest BCUT2D eigenvalue weighted by Crippen LogP contribution is 2.35. The SMILES string of the molecule is C=CC(=O)NC1(CNc2ncnc(N)c2-c2ccc(Oc3ccccc3)cc2)CCCC1. The van der Waals surface area contributed by atoms with Gasteiger partial charge in [-0.2, -0.15) is 0 Å². The number of hydrogen-bond acceptors (Lipinski definition) is 6. The highest BCUT2D eigenvalue weighted by Gasteiger charge is 2.35. The summed E-state index contributed by atoms with van der Waals surface area (Å²) in [5, 5.41) is 6.51. The highest BCUT2D eigenvalue weighted by molar-refractivity contribution is 5.88. The molecule has 0 aliphatic heterocycles. The minimum absolute atomic E-state index is 0.162. The van der Waals surface area contributed by atoms with Crippen molar-refractivity contribution in [3.63, 3.8) is 0 Å². The van der Waals surface area contributed by atoms with Crippen LogP contribution in [0.2, 0.25) is 0 Å². The molecule has 0 atom stereocenters. The second kappa shape index (κ2) is 9.51. The molecule has 0 spiro atoms. The Morgan fingerprint density at radius 1 is 1.06 bits per heavy atom. The van der Waals surface area contributed by atoms with E-state index in [-0.39, 0.29) is 11.4 Å². The molecule has 4 N–H and O–H groups in total. The van der Waals surface area contributed by atoms with Gasteiger partial charge in [-0.05, 0) is 48.7 Å². The van der Waals surface area contributed by atoms with E-state index in [2.05, 4.69) is 27.2 Å². The zero-order chi connectivity index (χ0) is 22.4. The molecule has 3 aromatic rings. The van der Waals surface area contributed by atoms with Crippen molar-refractivity contribution in [1.29, 1.82) is 0 Å². The number of carbonyl (C=O) groups is 1. The van der Waals surface area contributed by atoms with Crippen LogP contribution in [0.4, 0.5) is 11.6 Å². The molecular weight excluding hydrogens is 402 g/mol. The maximum atomic E-state index is 12.0. The van der Waals surface area contributed by atoms with E-state index in [1.807, 2.05) is 54.6 Å². The van der Waals surface area contributed by atoms with Crippen LogP contribution in [0.15, 0.2) is 73.6 Å². The average Bonchev–Trinajstić information content (AvgIpc) is 3.27. The van der Waals surface area contributed by atoms with Gasteiger partial charge in [0.1, 0.15) is 29.5 Å². The van der Waals surface area contributed by atoms with Crippen molar-refractivity contribution in [3.05, 3.63) is 73.6 Å². The second-order valence-corrected chi connectivity index (χ2v) is 7.96. The van der Waals surface area contributed by atoms with Gasteiger partial charge < -0.3 is 21.1 Å². The molecule has 1 aromatic heterocycles. The molecule has 0 saturated heterocycles. The maximum Gasteiger partial charge on any atom is 0.243 e. The number of benzene rings is 2. The van der Waals surface area contributed by atoms with Crippen molar-refractivity contribution in [2.75, 3.05) is 17.6 Å². The van der Waals surface area contributed by atoms with Crippen LogP contribution in [0.3, 0.4) is 0 Å². The molecule has 32 heavy (non-hydrogen) atoms. The first kappa shape index (κ1) is 21.4. The van der Waals surface area contributed by atoms with Crippen LogP contribution in [0.1, 0.15) is 25.7 Å². The lowest BCUT2D eigenvalue weighted by Crippen LogP contribution is -2.50. The number of aromatic nitrogens is 2. The molecule has 1 aliphatic carbocycles. The van der Waals surface area contributed by atoms with Crippen molar-refractivity contribution in [3.8, 4) is 22.6 Å². The zero-order valence-electron chi connectivity index (χ0n) is 17.9. The number of anilines is 2. The highest BCUT2D eigenvalue weighted by atomic mass is 16.5. The van der Waals surface area contributed by atoms with Gasteiger partial charge >= 0.3 is 0 Å². The van der Waals surface area contributed by atoms with Gasteiger partial charge in [-0.3, -0.25) is 4.79 Å². The van der Waals surface area contributed by atoms with Gasteiger partial charge in [0.05, 0.1) is 11.1 Å². The first-order valence-electron chi connectivity index (χ1n) is 10.7. The van der Waals surface area contributed by atoms with Gasteiger partial charge in [-0.25, -0.2) is 9.97 Å². The quantitative estimate of drug-likeness (QED) is 0.454. The third kappa shape index (κ3) is 4.88. The Morgan fingerprint density at radius 3 is 2.44 bits per heavy atom. The monoisotopic (exact) mass is 429 g/mol. The minimum Gasteiger partial charge on any atom is -0.457 e. The number of nitrogens with zero attached hydrogens (tertiary/aromatic N) is 2. The summed E-state index contributed by atoms with van der Waals surface area (Å²) < 4.78 is 5.88. The van der Waals surface area contributed by atoms with Gasteiger partial charge in [-0.15, -0.1) is 0 Å². The Labute approximate surface area is 187 Å². The third-order valence-corrected chi connectivity index (χ3v) is 5.73. The van der Waals surface area contributed by atoms with Crippen molar-refractivity contribution >= 4 is 17.5 Å². The number of hydrogen-bond donors (Lipinski definition) is 3. The number of nitrogens with one attached hydrogen (secondary N) is 2. The second-order valence-electron chi connectivity index (χ2n) is 7.96. The largest absolute Gasteiger partial charge is 0.457 e. The van der Waals surface area contributed by atoms with Crippen LogP contribution in [-0.2, 0) is 4.79 Å². The summed E-state index contributed by atoms with van der Waals surface area (Å²) >= 11 is 0. The summed E-state index contributed by atoms with van der Waals surface area (Å²) in [6.45, 7) is 4.12. The van der Waals surface area contributed by atoms with Gasteiger partial charge in [0.15, 0.2) is 0 Å². The summed E-state index contributed by atoms with van der Waals surface area (Å²) in [6.07, 6.45) is 6.70. The molecule has 0 unspecified atom stereocenters. The van der Waals surface area contributed by atoms with Crippen molar-refractivity contribution < 1.29 is 9.53 Å². The normalized spacial score (nSPS) is 14.5. The first-order valence-corrected chi connectivity index (χ1v) is 10.7. The molecule has 164 valence electrons. The lowest BCUT2D eigenvalue weighted by atomic mass is 9.97. The van der Waals surface area contributed by atoms with E-state index in [9.17, 15) is 4.79 Å². The molecule has 1 amide bonds. The van der Waals surface area contributed by atoms with Crippen LogP contribution in [0.25, 0.3) is 11.1 Å². The maximum absolute atomic E-state index is 12.0. The lowest BCUT2D eigenvalue weighted by Gasteiger charge is -2.30. The summed E-state index contributed by atoms with van der Waals surface area (Å²) in [5.41, 5.74) is 7.51. The molecule has 1 fully saturated rings. The van der Waals surface area contributed by atoms with Gasteiger partial charge in [-0.1, -0.05) is 49.8 Å². The van der Waals surface area contributed by atoms with Gasteiger partial charge in [0, 0.05) is 6.54 Å². The Hall–Kier alpha value is -3.87. The van der Waals surface area contributed by atoms with Gasteiger partial charge in [0.2, 0.25) is 5.91 Å². The number of carbonyl (C=O) groups excluding carboxylic acids is 1. The number of nitrogens with two attached hydrogens (primary N) is 1. The molecular formula is C25H27N5O2. The molecule has 0 radical (unpaired) electrons. The predicted molar refractivity (Wildman–Crippen MR) is 126 cm³/mol. The molecule has 2 aromatic carbocycles. The number of rotatable bonds is 8. The summed E-state index contributed by atoms with van der Waals surface area (Å²) in [5.74, 6) is 2.35. The smallest absolute Gasteiger partial charge is 0.243 e. The summed E-state index contributed by atoms with van der Waals surface area (Å²) in [4.78, 5) is 20.6. The predicted octanol–water partition coefficient (Wildman–Crippen LogP) is 4.55. The Bertz CT molecular complexity index is 1080. The fourth-order valence-electron chi connectivity index (χ4n) is 4.10. The molecule has 4 rings (SSSR count). The van der Waals surface area contributed by atoms with E-state index in [1.54, 1.807) is 0 Å². The van der Waals surface area contributed by atoms with E-state index in [1.165, 1.54) is 12.4 Å². The Kier molecular flexibility index (Phi) is 6.35. The van der Waals surface area contributed by atoms with Crippen LogP contribution in [0, 0.1) is 0 Å².